The van der Waals surface area contributed by atoms with Crippen molar-refractivity contribution in [1.29, 1.82) is 0 Å². The molecule has 0 spiro atoms. The molecule has 26 heavy (non-hydrogen) atoms. The van der Waals surface area contributed by atoms with E-state index < -0.39 is 0 Å². The molecule has 1 aliphatic rings. The largest absolute Gasteiger partial charge is 0.426 e. The van der Waals surface area contributed by atoms with Crippen molar-refractivity contribution in [3.05, 3.63) is 71.3 Å². The van der Waals surface area contributed by atoms with E-state index in [-0.39, 0.29) is 17.7 Å². The molecule has 0 N–H and O–H groups in total. The summed E-state index contributed by atoms with van der Waals surface area (Å²) in [6.07, 6.45) is 8.43. The zero-order valence-electron chi connectivity index (χ0n) is 15.1. The summed E-state index contributed by atoms with van der Waals surface area (Å²) in [5, 5.41) is 0. The van der Waals surface area contributed by atoms with E-state index in [1.807, 2.05) is 49.4 Å². The first-order chi connectivity index (χ1) is 12.6. The number of para-hydroxylation sites is 1. The van der Waals surface area contributed by atoms with E-state index in [4.69, 9.17) is 4.74 Å². The Bertz CT molecular complexity index is 796. The quantitative estimate of drug-likeness (QED) is 0.315. The average Bonchev–Trinajstić information content (AvgIpc) is 2.68. The van der Waals surface area contributed by atoms with E-state index in [1.165, 1.54) is 12.5 Å². The molecular formula is C23H24O3. The number of ether oxygens (including phenoxy) is 1. The summed E-state index contributed by atoms with van der Waals surface area (Å²) in [5.41, 5.74) is 2.49. The molecule has 0 unspecified atom stereocenters. The number of ketones is 1. The third-order valence-corrected chi connectivity index (χ3v) is 4.82. The summed E-state index contributed by atoms with van der Waals surface area (Å²) in [4.78, 5) is 24.7. The monoisotopic (exact) mass is 348 g/mol. The molecule has 134 valence electrons. The molecular weight excluding hydrogens is 324 g/mol. The maximum Gasteiger partial charge on any atom is 0.314 e. The predicted molar refractivity (Wildman–Crippen MR) is 103 cm³/mol. The van der Waals surface area contributed by atoms with Gasteiger partial charge in [0.1, 0.15) is 5.75 Å². The highest BCUT2D eigenvalue weighted by atomic mass is 16.5. The van der Waals surface area contributed by atoms with Crippen molar-refractivity contribution in [3.63, 3.8) is 0 Å². The van der Waals surface area contributed by atoms with Gasteiger partial charge in [-0.1, -0.05) is 67.3 Å². The first-order valence-electron chi connectivity index (χ1n) is 9.23. The molecule has 0 atom stereocenters. The van der Waals surface area contributed by atoms with Gasteiger partial charge in [-0.15, -0.1) is 0 Å². The number of aryl methyl sites for hydroxylation is 1. The molecule has 3 nitrogen and oxygen atoms in total. The van der Waals surface area contributed by atoms with Gasteiger partial charge in [-0.2, -0.15) is 0 Å². The fraction of sp³-hybridized carbons (Fsp3) is 0.304. The maximum atomic E-state index is 12.4. The number of carbonyl (C=O) groups excluding carboxylic acids is 2. The maximum absolute atomic E-state index is 12.4. The van der Waals surface area contributed by atoms with E-state index in [2.05, 4.69) is 0 Å². The molecule has 2 aromatic carbocycles. The number of esters is 1. The van der Waals surface area contributed by atoms with Crippen molar-refractivity contribution in [2.24, 2.45) is 5.92 Å². The van der Waals surface area contributed by atoms with Crippen molar-refractivity contribution >= 4 is 17.8 Å². The highest BCUT2D eigenvalue weighted by molar-refractivity contribution is 6.07. The molecule has 0 radical (unpaired) electrons. The lowest BCUT2D eigenvalue weighted by molar-refractivity contribution is -0.140. The normalized spacial score (nSPS) is 15.1. The smallest absolute Gasteiger partial charge is 0.314 e. The number of rotatable bonds is 5. The first kappa shape index (κ1) is 18.1. The van der Waals surface area contributed by atoms with Crippen LogP contribution in [0.1, 0.15) is 53.6 Å². The fourth-order valence-electron chi connectivity index (χ4n) is 3.22. The molecule has 0 amide bonds. The van der Waals surface area contributed by atoms with Crippen LogP contribution in [0.4, 0.5) is 0 Å². The van der Waals surface area contributed by atoms with Crippen molar-refractivity contribution in [3.8, 4) is 5.75 Å². The van der Waals surface area contributed by atoms with Gasteiger partial charge in [-0.25, -0.2) is 0 Å². The van der Waals surface area contributed by atoms with Crippen LogP contribution in [0, 0.1) is 12.8 Å². The highest BCUT2D eigenvalue weighted by Gasteiger charge is 2.23. The number of benzene rings is 2. The topological polar surface area (TPSA) is 43.4 Å². The van der Waals surface area contributed by atoms with Gasteiger partial charge in [0.2, 0.25) is 0 Å². The van der Waals surface area contributed by atoms with Crippen LogP contribution in [0.2, 0.25) is 0 Å². The Morgan fingerprint density at radius 3 is 2.38 bits per heavy atom. The van der Waals surface area contributed by atoms with Crippen molar-refractivity contribution in [2.45, 2.75) is 39.0 Å². The van der Waals surface area contributed by atoms with Gasteiger partial charge < -0.3 is 4.74 Å². The Labute approximate surface area is 154 Å². The molecule has 3 heteroatoms. The molecule has 0 aliphatic heterocycles. The highest BCUT2D eigenvalue weighted by Crippen LogP contribution is 2.27. The Kier molecular flexibility index (Phi) is 6.00. The van der Waals surface area contributed by atoms with Crippen molar-refractivity contribution in [1.82, 2.24) is 0 Å². The lowest BCUT2D eigenvalue weighted by Crippen LogP contribution is -2.23. The van der Waals surface area contributed by atoms with Crippen molar-refractivity contribution < 1.29 is 14.3 Å². The molecule has 0 saturated heterocycles. The van der Waals surface area contributed by atoms with Gasteiger partial charge in [0, 0.05) is 11.1 Å². The van der Waals surface area contributed by atoms with E-state index >= 15 is 0 Å². The second-order valence-electron chi connectivity index (χ2n) is 6.86. The van der Waals surface area contributed by atoms with E-state index in [0.717, 1.165) is 36.8 Å². The molecule has 1 fully saturated rings. The summed E-state index contributed by atoms with van der Waals surface area (Å²) in [6, 6.07) is 14.8. The van der Waals surface area contributed by atoms with Crippen LogP contribution in [-0.2, 0) is 4.79 Å². The molecule has 3 rings (SSSR count). The Morgan fingerprint density at radius 2 is 1.65 bits per heavy atom. The van der Waals surface area contributed by atoms with Gasteiger partial charge in [-0.3, -0.25) is 9.59 Å². The number of carbonyl (C=O) groups is 2. The summed E-state index contributed by atoms with van der Waals surface area (Å²) in [6.45, 7) is 1.99. The minimum absolute atomic E-state index is 0.00465. The van der Waals surface area contributed by atoms with E-state index in [9.17, 15) is 9.59 Å². The summed E-state index contributed by atoms with van der Waals surface area (Å²) in [7, 11) is 0. The van der Waals surface area contributed by atoms with Crippen LogP contribution in [0.3, 0.4) is 0 Å². The second-order valence-corrected chi connectivity index (χ2v) is 6.86. The first-order valence-corrected chi connectivity index (χ1v) is 9.23. The van der Waals surface area contributed by atoms with E-state index in [0.29, 0.717) is 11.3 Å². The van der Waals surface area contributed by atoms with Gasteiger partial charge in [0.25, 0.3) is 0 Å². The third kappa shape index (κ3) is 4.69. The molecule has 0 aromatic heterocycles. The number of hydrogen-bond acceptors (Lipinski definition) is 3. The van der Waals surface area contributed by atoms with Crippen molar-refractivity contribution in [2.75, 3.05) is 0 Å². The minimum Gasteiger partial charge on any atom is -0.426 e. The SMILES string of the molecule is Cc1ccc(C(=O)/C=C/c2ccccc2OC(=O)C2CCCCC2)cc1. The van der Waals surface area contributed by atoms with Crippen LogP contribution >= 0.6 is 0 Å². The van der Waals surface area contributed by atoms with E-state index in [1.54, 1.807) is 12.1 Å². The van der Waals surface area contributed by atoms with Crippen LogP contribution < -0.4 is 4.74 Å². The van der Waals surface area contributed by atoms with Crippen LogP contribution in [-0.4, -0.2) is 11.8 Å². The second kappa shape index (κ2) is 8.61. The third-order valence-electron chi connectivity index (χ3n) is 4.82. The molecule has 0 bridgehead atoms. The minimum atomic E-state index is -0.157. The van der Waals surface area contributed by atoms with Crippen LogP contribution in [0.25, 0.3) is 6.08 Å². The lowest BCUT2D eigenvalue weighted by atomic mass is 9.89. The summed E-state index contributed by atoms with van der Waals surface area (Å²) < 4.78 is 5.64. The number of hydrogen-bond donors (Lipinski definition) is 0. The zero-order chi connectivity index (χ0) is 18.4. The van der Waals surface area contributed by atoms with Gasteiger partial charge in [0.15, 0.2) is 5.78 Å². The Hall–Kier alpha value is -2.68. The predicted octanol–water partition coefficient (Wildman–Crippen LogP) is 5.38. The molecule has 1 saturated carbocycles. The molecule has 0 heterocycles. The zero-order valence-corrected chi connectivity index (χ0v) is 15.1. The number of allylic oxidation sites excluding steroid dienone is 1. The average molecular weight is 348 g/mol. The Balaban J connectivity index is 1.71. The standard InChI is InChI=1S/C23H24O3/c1-17-11-13-18(14-12-17)21(24)16-15-19-7-5-6-10-22(19)26-23(25)20-8-3-2-4-9-20/h5-7,10-16,20H,2-4,8-9H2,1H3/b16-15+. The van der Waals surface area contributed by atoms with Gasteiger partial charge in [0.05, 0.1) is 5.92 Å². The van der Waals surface area contributed by atoms with Crippen LogP contribution in [0.15, 0.2) is 54.6 Å². The molecule has 2 aromatic rings. The summed E-state index contributed by atoms with van der Waals surface area (Å²) >= 11 is 0. The molecule has 1 aliphatic carbocycles. The lowest BCUT2D eigenvalue weighted by Gasteiger charge is -2.20. The summed E-state index contributed by atoms with van der Waals surface area (Å²) in [5.74, 6) is 0.278. The van der Waals surface area contributed by atoms with Crippen LogP contribution in [0.5, 0.6) is 5.75 Å². The fourth-order valence-corrected chi connectivity index (χ4v) is 3.22. The van der Waals surface area contributed by atoms with Gasteiger partial charge in [-0.05, 0) is 38.0 Å². The van der Waals surface area contributed by atoms with Gasteiger partial charge >= 0.3 is 5.97 Å². The Morgan fingerprint density at radius 1 is 0.962 bits per heavy atom.